The molecule has 7 heteroatoms. The topological polar surface area (TPSA) is 88.0 Å². The van der Waals surface area contributed by atoms with Gasteiger partial charge in [0.1, 0.15) is 0 Å². The quantitative estimate of drug-likeness (QED) is 0.774. The van der Waals surface area contributed by atoms with E-state index in [1.54, 1.807) is 17.4 Å². The molecule has 2 heterocycles. The molecule has 0 aliphatic rings. The lowest BCUT2D eigenvalue weighted by molar-refractivity contribution is 0.581. The molecular weight excluding hydrogens is 270 g/mol. The molecule has 0 bridgehead atoms. The van der Waals surface area contributed by atoms with E-state index in [1.165, 1.54) is 6.20 Å². The van der Waals surface area contributed by atoms with Gasteiger partial charge in [0.05, 0.1) is 4.90 Å². The summed E-state index contributed by atoms with van der Waals surface area (Å²) < 4.78 is 26.6. The average molecular weight is 285 g/mol. The molecule has 0 amide bonds. The van der Waals surface area contributed by atoms with Crippen molar-refractivity contribution < 1.29 is 8.42 Å². The van der Waals surface area contributed by atoms with Crippen LogP contribution >= 0.6 is 11.3 Å². The molecule has 98 valence electrons. The van der Waals surface area contributed by atoms with Crippen molar-refractivity contribution in [1.82, 2.24) is 9.71 Å². The Bertz CT molecular complexity index is 628. The fourth-order valence-corrected chi connectivity index (χ4v) is 3.40. The van der Waals surface area contributed by atoms with Crippen LogP contribution in [0.25, 0.3) is 0 Å². The van der Waals surface area contributed by atoms with Gasteiger partial charge in [0.15, 0.2) is 0 Å². The molecule has 0 aliphatic carbocycles. The third-order valence-electron chi connectivity index (χ3n) is 2.66. The Morgan fingerprint density at radius 2 is 2.22 bits per heavy atom. The van der Waals surface area contributed by atoms with E-state index in [0.717, 1.165) is 11.1 Å². The highest BCUT2D eigenvalue weighted by Gasteiger charge is 2.15. The van der Waals surface area contributed by atoms with E-state index in [2.05, 4.69) is 9.71 Å². The van der Waals surface area contributed by atoms with E-state index in [0.29, 0.717) is 18.8 Å². The summed E-state index contributed by atoms with van der Waals surface area (Å²) in [5.41, 5.74) is 8.22. The lowest BCUT2D eigenvalue weighted by Crippen LogP contribution is -2.22. The van der Waals surface area contributed by atoms with Crippen LogP contribution in [0.5, 0.6) is 0 Å². The highest BCUT2D eigenvalue weighted by atomic mass is 32.2. The number of hydrogen-bond acceptors (Lipinski definition) is 4. The Hall–Kier alpha value is -1.15. The number of nitrogens with two attached hydrogens (primary N) is 1. The van der Waals surface area contributed by atoms with Crippen LogP contribution < -0.4 is 10.5 Å². The number of sulfonamides is 1. The Morgan fingerprint density at radius 1 is 1.44 bits per heavy atom. The Kier molecular flexibility index (Phi) is 3.86. The van der Waals surface area contributed by atoms with Crippen molar-refractivity contribution in [3.8, 4) is 0 Å². The zero-order valence-electron chi connectivity index (χ0n) is 9.93. The van der Waals surface area contributed by atoms with Crippen molar-refractivity contribution in [2.24, 2.45) is 5.73 Å². The summed E-state index contributed by atoms with van der Waals surface area (Å²) in [6.45, 7) is 2.56. The minimum atomic E-state index is -3.47. The summed E-state index contributed by atoms with van der Waals surface area (Å²) in [7, 11) is -3.47. The highest BCUT2D eigenvalue weighted by Crippen LogP contribution is 2.15. The third-order valence-corrected chi connectivity index (χ3v) is 4.95. The normalized spacial score (nSPS) is 11.9. The van der Waals surface area contributed by atoms with Crippen molar-refractivity contribution in [1.29, 1.82) is 0 Å². The second-order valence-corrected chi connectivity index (χ2v) is 6.48. The van der Waals surface area contributed by atoms with Crippen molar-refractivity contribution in [3.05, 3.63) is 39.8 Å². The predicted molar refractivity (Wildman–Crippen MR) is 71.8 cm³/mol. The van der Waals surface area contributed by atoms with Gasteiger partial charge in [-0.2, -0.15) is 11.3 Å². The van der Waals surface area contributed by atoms with Gasteiger partial charge in [0.2, 0.25) is 10.0 Å². The summed E-state index contributed by atoms with van der Waals surface area (Å²) >= 11 is 1.56. The maximum absolute atomic E-state index is 12.0. The van der Waals surface area contributed by atoms with Gasteiger partial charge in [0.25, 0.3) is 0 Å². The molecule has 0 spiro atoms. The van der Waals surface area contributed by atoms with Gasteiger partial charge in [0, 0.05) is 25.0 Å². The Morgan fingerprint density at radius 3 is 2.78 bits per heavy atom. The fourth-order valence-electron chi connectivity index (χ4n) is 1.52. The molecule has 0 radical (unpaired) electrons. The van der Waals surface area contributed by atoms with Crippen LogP contribution in [-0.4, -0.2) is 13.4 Å². The van der Waals surface area contributed by atoms with E-state index in [4.69, 9.17) is 5.73 Å². The SMILES string of the molecule is Cc1cscc1CNS(=O)(=O)c1c[nH]c(CN)c1. The highest BCUT2D eigenvalue weighted by molar-refractivity contribution is 7.89. The van der Waals surface area contributed by atoms with Crippen LogP contribution in [0.4, 0.5) is 0 Å². The molecule has 0 saturated carbocycles. The van der Waals surface area contributed by atoms with Gasteiger partial charge in [-0.05, 0) is 34.9 Å². The maximum atomic E-state index is 12.0. The first-order valence-corrected chi connectivity index (χ1v) is 7.84. The number of aromatic nitrogens is 1. The fraction of sp³-hybridized carbons (Fsp3) is 0.273. The number of rotatable bonds is 5. The van der Waals surface area contributed by atoms with Gasteiger partial charge in [-0.25, -0.2) is 13.1 Å². The molecule has 5 nitrogen and oxygen atoms in total. The maximum Gasteiger partial charge on any atom is 0.242 e. The molecule has 2 aromatic rings. The van der Waals surface area contributed by atoms with Gasteiger partial charge in [-0.15, -0.1) is 0 Å². The van der Waals surface area contributed by atoms with Crippen LogP contribution in [0.1, 0.15) is 16.8 Å². The van der Waals surface area contributed by atoms with Gasteiger partial charge >= 0.3 is 0 Å². The summed E-state index contributed by atoms with van der Waals surface area (Å²) in [6, 6.07) is 1.54. The van der Waals surface area contributed by atoms with Gasteiger partial charge < -0.3 is 10.7 Å². The molecular formula is C11H15N3O2S2. The van der Waals surface area contributed by atoms with Gasteiger partial charge in [-0.3, -0.25) is 0 Å². The first kappa shape index (κ1) is 13.3. The predicted octanol–water partition coefficient (Wildman–Crippen LogP) is 1.32. The second-order valence-electron chi connectivity index (χ2n) is 3.97. The Labute approximate surface area is 110 Å². The summed E-state index contributed by atoms with van der Waals surface area (Å²) in [4.78, 5) is 3.04. The number of aromatic amines is 1. The molecule has 0 fully saturated rings. The number of hydrogen-bond donors (Lipinski definition) is 3. The van der Waals surface area contributed by atoms with E-state index in [9.17, 15) is 8.42 Å². The van der Waals surface area contributed by atoms with Crippen LogP contribution in [0.2, 0.25) is 0 Å². The standard InChI is InChI=1S/C11H15N3O2S2/c1-8-6-17-7-9(8)4-14-18(15,16)11-2-10(3-12)13-5-11/h2,5-7,13-14H,3-4,12H2,1H3. The van der Waals surface area contributed by atoms with Crippen molar-refractivity contribution in [2.45, 2.75) is 24.9 Å². The van der Waals surface area contributed by atoms with Crippen LogP contribution in [0, 0.1) is 6.92 Å². The van der Waals surface area contributed by atoms with E-state index < -0.39 is 10.0 Å². The number of aryl methyl sites for hydroxylation is 1. The van der Waals surface area contributed by atoms with Crippen LogP contribution in [0.15, 0.2) is 27.9 Å². The first-order chi connectivity index (χ1) is 8.53. The van der Waals surface area contributed by atoms with E-state index in [1.807, 2.05) is 17.7 Å². The van der Waals surface area contributed by atoms with Crippen molar-refractivity contribution >= 4 is 21.4 Å². The number of H-pyrrole nitrogens is 1. The molecule has 18 heavy (non-hydrogen) atoms. The van der Waals surface area contributed by atoms with Crippen LogP contribution in [-0.2, 0) is 23.1 Å². The smallest absolute Gasteiger partial charge is 0.242 e. The second kappa shape index (κ2) is 5.23. The number of nitrogens with one attached hydrogen (secondary N) is 2. The molecule has 0 aromatic carbocycles. The minimum absolute atomic E-state index is 0.218. The van der Waals surface area contributed by atoms with E-state index in [-0.39, 0.29) is 4.90 Å². The van der Waals surface area contributed by atoms with Crippen LogP contribution in [0.3, 0.4) is 0 Å². The lowest BCUT2D eigenvalue weighted by Gasteiger charge is -2.04. The van der Waals surface area contributed by atoms with Gasteiger partial charge in [-0.1, -0.05) is 0 Å². The molecule has 4 N–H and O–H groups in total. The monoisotopic (exact) mass is 285 g/mol. The summed E-state index contributed by atoms with van der Waals surface area (Å²) in [6.07, 6.45) is 1.45. The third kappa shape index (κ3) is 2.81. The largest absolute Gasteiger partial charge is 0.363 e. The molecule has 0 atom stereocenters. The average Bonchev–Trinajstić information content (AvgIpc) is 2.95. The zero-order chi connectivity index (χ0) is 13.2. The molecule has 0 aliphatic heterocycles. The first-order valence-electron chi connectivity index (χ1n) is 5.41. The lowest BCUT2D eigenvalue weighted by atomic mass is 10.2. The van der Waals surface area contributed by atoms with E-state index >= 15 is 0 Å². The van der Waals surface area contributed by atoms with Crippen molar-refractivity contribution in [2.75, 3.05) is 0 Å². The summed E-state index contributed by atoms with van der Waals surface area (Å²) in [5, 5.41) is 3.94. The zero-order valence-corrected chi connectivity index (χ0v) is 11.6. The minimum Gasteiger partial charge on any atom is -0.363 e. The van der Waals surface area contributed by atoms with Crippen molar-refractivity contribution in [3.63, 3.8) is 0 Å². The molecule has 0 saturated heterocycles. The molecule has 2 rings (SSSR count). The Balaban J connectivity index is 2.10. The summed E-state index contributed by atoms with van der Waals surface area (Å²) in [5.74, 6) is 0. The number of thiophene rings is 1. The molecule has 0 unspecified atom stereocenters. The molecule has 2 aromatic heterocycles.